The number of aromatic nitrogens is 2. The Labute approximate surface area is 203 Å². The highest BCUT2D eigenvalue weighted by Crippen LogP contribution is 2.21. The molecule has 2 N–H and O–H groups in total. The summed E-state index contributed by atoms with van der Waals surface area (Å²) in [5, 5.41) is 7.79. The molecule has 7 heteroatoms. The third-order valence-electron chi connectivity index (χ3n) is 5.82. The van der Waals surface area contributed by atoms with E-state index in [4.69, 9.17) is 11.6 Å². The summed E-state index contributed by atoms with van der Waals surface area (Å²) in [5.41, 5.74) is 4.16. The number of amides is 1. The minimum absolute atomic E-state index is 0.102. The van der Waals surface area contributed by atoms with Crippen molar-refractivity contribution in [2.75, 3.05) is 6.54 Å². The monoisotopic (exact) mass is 480 g/mol. The van der Waals surface area contributed by atoms with Crippen LogP contribution in [-0.4, -0.2) is 33.4 Å². The topological polar surface area (TPSA) is 61.0 Å². The number of H-pyrrole nitrogens is 1. The third kappa shape index (κ3) is 6.22. The van der Waals surface area contributed by atoms with Crippen molar-refractivity contribution in [2.24, 2.45) is 0 Å². The Bertz CT molecular complexity index is 1200. The van der Waals surface area contributed by atoms with Gasteiger partial charge in [0.25, 0.3) is 5.91 Å². The number of hydrogen-bond acceptors (Lipinski definition) is 4. The molecule has 1 amide bonds. The summed E-state index contributed by atoms with van der Waals surface area (Å²) in [4.78, 5) is 22.8. The Morgan fingerprint density at radius 3 is 2.76 bits per heavy atom. The molecule has 2 aromatic heterocycles. The van der Waals surface area contributed by atoms with Crippen LogP contribution in [0.15, 0.2) is 60.1 Å². The van der Waals surface area contributed by atoms with Gasteiger partial charge in [0, 0.05) is 46.6 Å². The number of carbonyl (C=O) groups excluding carboxylic acids is 1. The molecule has 0 spiro atoms. The first-order chi connectivity index (χ1) is 16.0. The predicted molar refractivity (Wildman–Crippen MR) is 137 cm³/mol. The van der Waals surface area contributed by atoms with Gasteiger partial charge in [0.1, 0.15) is 10.7 Å². The van der Waals surface area contributed by atoms with E-state index in [1.165, 1.54) is 27.8 Å². The van der Waals surface area contributed by atoms with Crippen LogP contribution < -0.4 is 5.32 Å². The molecule has 2 aromatic carbocycles. The number of halogens is 1. The van der Waals surface area contributed by atoms with E-state index in [2.05, 4.69) is 63.6 Å². The zero-order valence-electron chi connectivity index (χ0n) is 19.0. The van der Waals surface area contributed by atoms with Crippen LogP contribution in [0, 0.1) is 0 Å². The van der Waals surface area contributed by atoms with Crippen LogP contribution in [0.4, 0.5) is 0 Å². The van der Waals surface area contributed by atoms with Crippen LogP contribution in [0.2, 0.25) is 5.02 Å². The number of hydrogen-bond donors (Lipinski definition) is 2. The molecular formula is C26H29ClN4OS. The number of rotatable bonds is 10. The van der Waals surface area contributed by atoms with Gasteiger partial charge in [-0.2, -0.15) is 0 Å². The summed E-state index contributed by atoms with van der Waals surface area (Å²) in [7, 11) is 0. The Morgan fingerprint density at radius 1 is 1.18 bits per heavy atom. The largest absolute Gasteiger partial charge is 0.361 e. The summed E-state index contributed by atoms with van der Waals surface area (Å²) in [5.74, 6) is -0.102. The second-order valence-corrected chi connectivity index (χ2v) is 9.73. The molecule has 1 atom stereocenters. The first-order valence-electron chi connectivity index (χ1n) is 11.3. The maximum atomic E-state index is 12.4. The fraction of sp³-hybridized carbons (Fsp3) is 0.308. The van der Waals surface area contributed by atoms with Crippen molar-refractivity contribution >= 4 is 39.7 Å². The molecule has 172 valence electrons. The molecule has 0 bridgehead atoms. The van der Waals surface area contributed by atoms with Gasteiger partial charge >= 0.3 is 0 Å². The molecule has 1 unspecified atom stereocenters. The molecule has 0 aliphatic rings. The molecule has 4 aromatic rings. The number of thiazole rings is 1. The maximum Gasteiger partial charge on any atom is 0.270 e. The van der Waals surface area contributed by atoms with Gasteiger partial charge < -0.3 is 10.3 Å². The lowest BCUT2D eigenvalue weighted by Gasteiger charge is -2.21. The van der Waals surface area contributed by atoms with Gasteiger partial charge in [-0.25, -0.2) is 4.98 Å². The molecular weight excluding hydrogens is 452 g/mol. The smallest absolute Gasteiger partial charge is 0.270 e. The van der Waals surface area contributed by atoms with Crippen molar-refractivity contribution in [2.45, 2.75) is 45.8 Å². The molecule has 4 rings (SSSR count). The van der Waals surface area contributed by atoms with Crippen molar-refractivity contribution < 1.29 is 4.79 Å². The van der Waals surface area contributed by atoms with Crippen molar-refractivity contribution in [3.8, 4) is 0 Å². The van der Waals surface area contributed by atoms with E-state index in [0.29, 0.717) is 12.2 Å². The maximum absolute atomic E-state index is 12.4. The summed E-state index contributed by atoms with van der Waals surface area (Å²) in [6.45, 7) is 6.40. The van der Waals surface area contributed by atoms with E-state index in [1.807, 2.05) is 30.5 Å². The zero-order valence-corrected chi connectivity index (χ0v) is 20.5. The van der Waals surface area contributed by atoms with E-state index < -0.39 is 0 Å². The number of nitrogens with zero attached hydrogens (tertiary/aromatic N) is 2. The number of carbonyl (C=O) groups is 1. The normalized spacial score (nSPS) is 12.4. The highest BCUT2D eigenvalue weighted by atomic mass is 35.5. The summed E-state index contributed by atoms with van der Waals surface area (Å²) in [6.07, 6.45) is 3.92. The molecule has 0 fully saturated rings. The summed E-state index contributed by atoms with van der Waals surface area (Å²) >= 11 is 7.62. The number of fused-ring (bicyclic) bond motifs is 1. The Morgan fingerprint density at radius 2 is 1.97 bits per heavy atom. The number of aromatic amines is 1. The minimum atomic E-state index is -0.102. The van der Waals surface area contributed by atoms with Crippen molar-refractivity contribution in [1.82, 2.24) is 20.2 Å². The summed E-state index contributed by atoms with van der Waals surface area (Å²) in [6, 6.07) is 16.5. The molecule has 0 aliphatic carbocycles. The van der Waals surface area contributed by atoms with Crippen LogP contribution in [0.1, 0.15) is 46.9 Å². The van der Waals surface area contributed by atoms with Crippen LogP contribution >= 0.6 is 22.9 Å². The lowest BCUT2D eigenvalue weighted by molar-refractivity contribution is 0.0934. The highest BCUT2D eigenvalue weighted by molar-refractivity contribution is 7.09. The minimum Gasteiger partial charge on any atom is -0.361 e. The Kier molecular flexibility index (Phi) is 7.81. The van der Waals surface area contributed by atoms with Gasteiger partial charge in [-0.05, 0) is 49.1 Å². The second-order valence-electron chi connectivity index (χ2n) is 8.36. The predicted octanol–water partition coefficient (Wildman–Crippen LogP) is 6.05. The summed E-state index contributed by atoms with van der Waals surface area (Å²) < 4.78 is 0. The van der Waals surface area contributed by atoms with Gasteiger partial charge in [0.15, 0.2) is 0 Å². The molecule has 0 saturated carbocycles. The quantitative estimate of drug-likeness (QED) is 0.290. The molecule has 0 aliphatic heterocycles. The lowest BCUT2D eigenvalue weighted by Crippen LogP contribution is -2.32. The highest BCUT2D eigenvalue weighted by Gasteiger charge is 2.16. The SMILES string of the molecule is CCC(C)NC(=O)c1csc(CN(CCc2c[nH]c3ccccc23)Cc2ccc(Cl)cc2)n1. The first kappa shape index (κ1) is 23.5. The van der Waals surface area contributed by atoms with Crippen molar-refractivity contribution in [3.05, 3.63) is 87.0 Å². The Hall–Kier alpha value is -2.67. The second kappa shape index (κ2) is 11.0. The van der Waals surface area contributed by atoms with Crippen molar-refractivity contribution in [3.63, 3.8) is 0 Å². The number of benzene rings is 2. The average Bonchev–Trinajstić information content (AvgIpc) is 3.46. The van der Waals surface area contributed by atoms with E-state index in [-0.39, 0.29) is 11.9 Å². The first-order valence-corrected chi connectivity index (χ1v) is 12.5. The molecule has 0 saturated heterocycles. The molecule has 5 nitrogen and oxygen atoms in total. The van der Waals surface area contributed by atoms with E-state index in [0.717, 1.165) is 41.5 Å². The number of nitrogens with one attached hydrogen (secondary N) is 2. The van der Waals surface area contributed by atoms with Gasteiger partial charge in [-0.1, -0.05) is 48.9 Å². The van der Waals surface area contributed by atoms with Crippen molar-refractivity contribution in [1.29, 1.82) is 0 Å². The molecule has 2 heterocycles. The number of para-hydroxylation sites is 1. The average molecular weight is 481 g/mol. The van der Waals surface area contributed by atoms with E-state index in [9.17, 15) is 4.79 Å². The van der Waals surface area contributed by atoms with Crippen LogP contribution in [-0.2, 0) is 19.5 Å². The zero-order chi connectivity index (χ0) is 23.2. The lowest BCUT2D eigenvalue weighted by atomic mass is 10.1. The van der Waals surface area contributed by atoms with Crippen LogP contribution in [0.5, 0.6) is 0 Å². The van der Waals surface area contributed by atoms with Gasteiger partial charge in [-0.15, -0.1) is 11.3 Å². The van der Waals surface area contributed by atoms with Gasteiger partial charge in [-0.3, -0.25) is 9.69 Å². The van der Waals surface area contributed by atoms with E-state index >= 15 is 0 Å². The van der Waals surface area contributed by atoms with E-state index in [1.54, 1.807) is 0 Å². The Balaban J connectivity index is 1.48. The van der Waals surface area contributed by atoms with Crippen LogP contribution in [0.3, 0.4) is 0 Å². The van der Waals surface area contributed by atoms with Gasteiger partial charge in [0.05, 0.1) is 6.54 Å². The standard InChI is InChI=1S/C26H29ClN4OS/c1-3-18(2)29-26(32)24-17-33-25(30-24)16-31(15-19-8-10-21(27)11-9-19)13-12-20-14-28-23-7-5-4-6-22(20)23/h4-11,14,17-18,28H,3,12-13,15-16H2,1-2H3,(H,29,32). The third-order valence-corrected chi connectivity index (χ3v) is 6.91. The fourth-order valence-corrected chi connectivity index (χ4v) is 4.70. The molecule has 0 radical (unpaired) electrons. The van der Waals surface area contributed by atoms with Gasteiger partial charge in [0.2, 0.25) is 0 Å². The van der Waals surface area contributed by atoms with Crippen LogP contribution in [0.25, 0.3) is 10.9 Å². The molecule has 33 heavy (non-hydrogen) atoms. The fourth-order valence-electron chi connectivity index (χ4n) is 3.76.